The van der Waals surface area contributed by atoms with Crippen molar-refractivity contribution in [3.8, 4) is 0 Å². The highest BCUT2D eigenvalue weighted by Crippen LogP contribution is 2.17. The van der Waals surface area contributed by atoms with Crippen molar-refractivity contribution in [1.29, 1.82) is 0 Å². The average Bonchev–Trinajstić information content (AvgIpc) is 1.98. The lowest BCUT2D eigenvalue weighted by molar-refractivity contribution is 0.122. The molecule has 1 amide bonds. The Morgan fingerprint density at radius 2 is 2.23 bits per heavy atom. The summed E-state index contributed by atoms with van der Waals surface area (Å²) in [4.78, 5) is 11.1. The van der Waals surface area contributed by atoms with E-state index in [0.717, 1.165) is 12.8 Å². The normalized spacial score (nSPS) is 26.8. The van der Waals surface area contributed by atoms with Crippen molar-refractivity contribution < 1.29 is 9.53 Å². The molecule has 1 fully saturated rings. The highest BCUT2D eigenvalue weighted by molar-refractivity contribution is 5.67. The van der Waals surface area contributed by atoms with Gasteiger partial charge in [0.05, 0.1) is 6.61 Å². The number of nitrogens with two attached hydrogens (primary N) is 1. The van der Waals surface area contributed by atoms with Gasteiger partial charge in [-0.3, -0.25) is 0 Å². The van der Waals surface area contributed by atoms with Crippen molar-refractivity contribution >= 4 is 6.09 Å². The molecule has 1 rings (SSSR count). The van der Waals surface area contributed by atoms with Gasteiger partial charge in [0.15, 0.2) is 0 Å². The molecular weight excluding hydrogens is 168 g/mol. The summed E-state index contributed by atoms with van der Waals surface area (Å²) < 4.78 is 4.95. The number of carbonyl (C=O) groups excluding carboxylic acids is 1. The molecule has 0 aromatic carbocycles. The lowest BCUT2D eigenvalue weighted by Gasteiger charge is -2.32. The number of carbonyl (C=O) groups is 1. The minimum Gasteiger partial charge on any atom is -0.449 e. The number of ether oxygens (including phenoxy) is 1. The molecule has 0 aromatic rings. The van der Waals surface area contributed by atoms with Gasteiger partial charge in [0.25, 0.3) is 0 Å². The topological polar surface area (TPSA) is 64.3 Å². The second-order valence-electron chi connectivity index (χ2n) is 4.07. The highest BCUT2D eigenvalue weighted by atomic mass is 16.5. The van der Waals surface area contributed by atoms with E-state index in [2.05, 4.69) is 5.32 Å². The van der Waals surface area contributed by atoms with Gasteiger partial charge in [-0.15, -0.1) is 0 Å². The van der Waals surface area contributed by atoms with Crippen LogP contribution in [0.3, 0.4) is 0 Å². The van der Waals surface area contributed by atoms with E-state index in [1.807, 2.05) is 13.8 Å². The van der Waals surface area contributed by atoms with E-state index in [9.17, 15) is 4.79 Å². The first-order valence-electron chi connectivity index (χ1n) is 4.76. The van der Waals surface area contributed by atoms with Crippen LogP contribution in [-0.4, -0.2) is 24.8 Å². The Labute approximate surface area is 78.8 Å². The molecule has 4 heteroatoms. The second-order valence-corrected chi connectivity index (χ2v) is 4.07. The molecule has 0 radical (unpaired) electrons. The Morgan fingerprint density at radius 1 is 1.62 bits per heavy atom. The van der Waals surface area contributed by atoms with Gasteiger partial charge in [-0.1, -0.05) is 13.8 Å². The molecule has 3 N–H and O–H groups in total. The Hall–Kier alpha value is -0.770. The van der Waals surface area contributed by atoms with E-state index >= 15 is 0 Å². The Kier molecular flexibility index (Phi) is 3.54. The quantitative estimate of drug-likeness (QED) is 0.687. The molecular formula is C9H18N2O2. The summed E-state index contributed by atoms with van der Waals surface area (Å²) in [5, 5.41) is 2.76. The molecule has 4 nitrogen and oxygen atoms in total. The van der Waals surface area contributed by atoms with Crippen molar-refractivity contribution in [2.75, 3.05) is 6.61 Å². The van der Waals surface area contributed by atoms with Crippen LogP contribution in [0.5, 0.6) is 0 Å². The van der Waals surface area contributed by atoms with Crippen LogP contribution >= 0.6 is 0 Å². The zero-order valence-corrected chi connectivity index (χ0v) is 8.25. The van der Waals surface area contributed by atoms with Gasteiger partial charge in [-0.25, -0.2) is 4.79 Å². The number of hydrogen-bond donors (Lipinski definition) is 2. The van der Waals surface area contributed by atoms with Gasteiger partial charge in [-0.05, 0) is 18.8 Å². The molecule has 1 aliphatic rings. The summed E-state index contributed by atoms with van der Waals surface area (Å²) >= 11 is 0. The van der Waals surface area contributed by atoms with Crippen LogP contribution in [0.25, 0.3) is 0 Å². The Balaban J connectivity index is 2.05. The third-order valence-electron chi connectivity index (χ3n) is 2.04. The standard InChI is InChI=1S/C9H18N2O2/c1-6(2)5-13-9(12)11-8-3-7(10)4-8/h6-8H,3-5,10H2,1-2H3,(H,11,12). The largest absolute Gasteiger partial charge is 0.449 e. The minimum absolute atomic E-state index is 0.231. The van der Waals surface area contributed by atoms with E-state index in [-0.39, 0.29) is 18.2 Å². The lowest BCUT2D eigenvalue weighted by Crippen LogP contribution is -2.50. The van der Waals surface area contributed by atoms with E-state index in [0.29, 0.717) is 12.5 Å². The van der Waals surface area contributed by atoms with Crippen LogP contribution in [0.4, 0.5) is 4.79 Å². The third-order valence-corrected chi connectivity index (χ3v) is 2.04. The lowest BCUT2D eigenvalue weighted by atomic mass is 9.88. The van der Waals surface area contributed by atoms with Crippen LogP contribution in [0.2, 0.25) is 0 Å². The van der Waals surface area contributed by atoms with E-state index in [1.165, 1.54) is 0 Å². The fourth-order valence-corrected chi connectivity index (χ4v) is 1.23. The van der Waals surface area contributed by atoms with Crippen LogP contribution in [0, 0.1) is 5.92 Å². The van der Waals surface area contributed by atoms with Crippen LogP contribution in [0.15, 0.2) is 0 Å². The number of hydrogen-bond acceptors (Lipinski definition) is 3. The molecule has 0 atom stereocenters. The van der Waals surface area contributed by atoms with Crippen molar-refractivity contribution in [3.05, 3.63) is 0 Å². The van der Waals surface area contributed by atoms with Crippen molar-refractivity contribution in [3.63, 3.8) is 0 Å². The predicted molar refractivity (Wildman–Crippen MR) is 50.3 cm³/mol. The molecule has 0 heterocycles. The maximum atomic E-state index is 11.1. The van der Waals surface area contributed by atoms with E-state index in [1.54, 1.807) is 0 Å². The summed E-state index contributed by atoms with van der Waals surface area (Å²) in [6, 6.07) is 0.491. The first-order chi connectivity index (χ1) is 6.08. The smallest absolute Gasteiger partial charge is 0.407 e. The zero-order chi connectivity index (χ0) is 9.84. The fraction of sp³-hybridized carbons (Fsp3) is 0.889. The summed E-state index contributed by atoms with van der Waals surface area (Å²) in [5.74, 6) is 0.384. The summed E-state index contributed by atoms with van der Waals surface area (Å²) in [6.07, 6.45) is 1.43. The highest BCUT2D eigenvalue weighted by Gasteiger charge is 2.27. The second kappa shape index (κ2) is 4.46. The monoisotopic (exact) mass is 186 g/mol. The molecule has 0 aliphatic heterocycles. The Bertz CT molecular complexity index is 176. The summed E-state index contributed by atoms with van der Waals surface area (Å²) in [5.41, 5.74) is 5.57. The predicted octanol–water partition coefficient (Wildman–Crippen LogP) is 0.858. The molecule has 1 aliphatic carbocycles. The number of nitrogens with one attached hydrogen (secondary N) is 1. The molecule has 0 aromatic heterocycles. The number of amides is 1. The van der Waals surface area contributed by atoms with Crippen LogP contribution < -0.4 is 11.1 Å². The SMILES string of the molecule is CC(C)COC(=O)NC1CC(N)C1. The van der Waals surface area contributed by atoms with E-state index < -0.39 is 0 Å². The molecule has 0 unspecified atom stereocenters. The first-order valence-corrected chi connectivity index (χ1v) is 4.76. The zero-order valence-electron chi connectivity index (χ0n) is 8.25. The Morgan fingerprint density at radius 3 is 2.69 bits per heavy atom. The fourth-order valence-electron chi connectivity index (χ4n) is 1.23. The van der Waals surface area contributed by atoms with Crippen molar-refractivity contribution in [1.82, 2.24) is 5.32 Å². The van der Waals surface area contributed by atoms with Crippen LogP contribution in [-0.2, 0) is 4.74 Å². The molecule has 0 spiro atoms. The van der Waals surface area contributed by atoms with Gasteiger partial charge in [-0.2, -0.15) is 0 Å². The maximum absolute atomic E-state index is 11.1. The average molecular weight is 186 g/mol. The van der Waals surface area contributed by atoms with Gasteiger partial charge in [0.2, 0.25) is 0 Å². The van der Waals surface area contributed by atoms with Gasteiger partial charge in [0, 0.05) is 12.1 Å². The summed E-state index contributed by atoms with van der Waals surface area (Å²) in [7, 11) is 0. The molecule has 0 bridgehead atoms. The summed E-state index contributed by atoms with van der Waals surface area (Å²) in [6.45, 7) is 4.49. The van der Waals surface area contributed by atoms with Gasteiger partial charge in [0.1, 0.15) is 0 Å². The third kappa shape index (κ3) is 3.63. The van der Waals surface area contributed by atoms with Gasteiger partial charge >= 0.3 is 6.09 Å². The molecule has 0 saturated heterocycles. The van der Waals surface area contributed by atoms with Crippen molar-refractivity contribution in [2.24, 2.45) is 11.7 Å². The molecule has 76 valence electrons. The maximum Gasteiger partial charge on any atom is 0.407 e. The van der Waals surface area contributed by atoms with E-state index in [4.69, 9.17) is 10.5 Å². The van der Waals surface area contributed by atoms with Crippen LogP contribution in [0.1, 0.15) is 26.7 Å². The molecule has 13 heavy (non-hydrogen) atoms. The molecule has 1 saturated carbocycles. The van der Waals surface area contributed by atoms with Crippen molar-refractivity contribution in [2.45, 2.75) is 38.8 Å². The number of rotatable bonds is 3. The minimum atomic E-state index is -0.314. The first kappa shape index (κ1) is 10.3. The van der Waals surface area contributed by atoms with Gasteiger partial charge < -0.3 is 15.8 Å². The number of alkyl carbamates (subject to hydrolysis) is 1.